The molecule has 1 aromatic carbocycles. The van der Waals surface area contributed by atoms with E-state index < -0.39 is 0 Å². The Bertz CT molecular complexity index is 679. The molecule has 2 fully saturated rings. The minimum atomic E-state index is -0.280. The summed E-state index contributed by atoms with van der Waals surface area (Å²) in [6, 6.07) is 7.60. The number of aromatic nitrogens is 1. The maximum Gasteiger partial charge on any atom is 0.419 e. The molecular formula is C15H19ClN2O2. The lowest BCUT2D eigenvalue weighted by Crippen LogP contribution is -2.37. The zero-order chi connectivity index (χ0) is 13.0. The van der Waals surface area contributed by atoms with Crippen molar-refractivity contribution >= 4 is 23.5 Å². The molecule has 1 N–H and O–H groups in total. The number of oxazole rings is 1. The molecule has 4 nitrogen and oxygen atoms in total. The topological polar surface area (TPSA) is 47.2 Å². The maximum absolute atomic E-state index is 11.5. The van der Waals surface area contributed by atoms with Gasteiger partial charge >= 0.3 is 5.76 Å². The molecule has 4 rings (SSSR count). The van der Waals surface area contributed by atoms with E-state index in [2.05, 4.69) is 17.4 Å². The van der Waals surface area contributed by atoms with Gasteiger partial charge in [0.1, 0.15) is 0 Å². The van der Waals surface area contributed by atoms with Gasteiger partial charge in [0.2, 0.25) is 0 Å². The van der Waals surface area contributed by atoms with Crippen LogP contribution in [-0.4, -0.2) is 16.7 Å². The van der Waals surface area contributed by atoms with Gasteiger partial charge in [0.25, 0.3) is 0 Å². The van der Waals surface area contributed by atoms with Crippen LogP contribution >= 0.6 is 12.4 Å². The average Bonchev–Trinajstić information content (AvgIpc) is 2.90. The molecule has 2 aromatic rings. The van der Waals surface area contributed by atoms with Crippen LogP contribution in [0.5, 0.6) is 0 Å². The van der Waals surface area contributed by atoms with Gasteiger partial charge in [-0.1, -0.05) is 6.07 Å². The Labute approximate surface area is 123 Å². The molecule has 2 saturated heterocycles. The Kier molecular flexibility index (Phi) is 3.38. The zero-order valence-corrected chi connectivity index (χ0v) is 12.3. The van der Waals surface area contributed by atoms with E-state index >= 15 is 0 Å². The van der Waals surface area contributed by atoms with Crippen molar-refractivity contribution in [3.05, 3.63) is 34.3 Å². The van der Waals surface area contributed by atoms with Crippen LogP contribution in [0.2, 0.25) is 0 Å². The lowest BCUT2D eigenvalue weighted by Gasteiger charge is -2.29. The predicted octanol–water partition coefficient (Wildman–Crippen LogP) is 2.55. The molecule has 20 heavy (non-hydrogen) atoms. The number of aryl methyl sites for hydroxylation is 1. The summed E-state index contributed by atoms with van der Waals surface area (Å²) in [5, 5.41) is 3.66. The predicted molar refractivity (Wildman–Crippen MR) is 80.6 cm³/mol. The largest absolute Gasteiger partial charge is 0.419 e. The molecule has 0 aliphatic carbocycles. The van der Waals surface area contributed by atoms with Crippen LogP contribution in [0, 0.1) is 0 Å². The first-order valence-electron chi connectivity index (χ1n) is 7.06. The normalized spacial score (nSPS) is 28.6. The first-order valence-corrected chi connectivity index (χ1v) is 7.06. The number of fused-ring (bicyclic) bond motifs is 3. The first-order chi connectivity index (χ1) is 9.20. The minimum absolute atomic E-state index is 0. The number of hydrogen-bond donors (Lipinski definition) is 1. The molecule has 0 amide bonds. The molecule has 5 heteroatoms. The van der Waals surface area contributed by atoms with Gasteiger partial charge in [-0.3, -0.25) is 4.57 Å². The Balaban J connectivity index is 0.00000121. The quantitative estimate of drug-likeness (QED) is 0.879. The monoisotopic (exact) mass is 294 g/mol. The Morgan fingerprint density at radius 1 is 1.25 bits per heavy atom. The molecule has 0 spiro atoms. The third-order valence-corrected chi connectivity index (χ3v) is 4.76. The summed E-state index contributed by atoms with van der Waals surface area (Å²) in [7, 11) is 1.75. The molecule has 2 bridgehead atoms. The standard InChI is InChI=1S/C15H18N2O2.ClH/c1-17-13-5-2-9(8-14(13)19-15(17)18)10-6-11-3-4-12(7-10)16-11;/h2,5,8,10-12,16H,3-4,6-7H2,1H3;1H. The van der Waals surface area contributed by atoms with Gasteiger partial charge in [-0.2, -0.15) is 0 Å². The molecular weight excluding hydrogens is 276 g/mol. The highest BCUT2D eigenvalue weighted by Crippen LogP contribution is 2.37. The SMILES string of the molecule is Cl.Cn1c(=O)oc2cc(C3CC4CCC(C3)N4)ccc21. The maximum atomic E-state index is 11.5. The van der Waals surface area contributed by atoms with E-state index in [0.717, 1.165) is 11.1 Å². The fourth-order valence-corrected chi connectivity index (χ4v) is 3.73. The summed E-state index contributed by atoms with van der Waals surface area (Å²) in [5.41, 5.74) is 2.92. The van der Waals surface area contributed by atoms with Crippen molar-refractivity contribution < 1.29 is 4.42 Å². The fourth-order valence-electron chi connectivity index (χ4n) is 3.73. The van der Waals surface area contributed by atoms with Crippen molar-refractivity contribution in [3.8, 4) is 0 Å². The van der Waals surface area contributed by atoms with Gasteiger partial charge < -0.3 is 9.73 Å². The molecule has 108 valence electrons. The second kappa shape index (κ2) is 4.93. The smallest absolute Gasteiger partial charge is 0.408 e. The van der Waals surface area contributed by atoms with Crippen molar-refractivity contribution in [3.63, 3.8) is 0 Å². The highest BCUT2D eigenvalue weighted by molar-refractivity contribution is 5.85. The summed E-state index contributed by atoms with van der Waals surface area (Å²) in [5.74, 6) is 0.325. The number of hydrogen-bond acceptors (Lipinski definition) is 3. The first kappa shape index (κ1) is 13.7. The van der Waals surface area contributed by atoms with Crippen molar-refractivity contribution in [1.82, 2.24) is 9.88 Å². The van der Waals surface area contributed by atoms with Crippen molar-refractivity contribution in [2.75, 3.05) is 0 Å². The van der Waals surface area contributed by atoms with Crippen LogP contribution in [0.15, 0.2) is 27.4 Å². The summed E-state index contributed by atoms with van der Waals surface area (Å²) < 4.78 is 6.85. The number of nitrogens with one attached hydrogen (secondary N) is 1. The summed E-state index contributed by atoms with van der Waals surface area (Å²) >= 11 is 0. The Morgan fingerprint density at radius 3 is 2.65 bits per heavy atom. The van der Waals surface area contributed by atoms with Crippen molar-refractivity contribution in [2.45, 2.75) is 43.7 Å². The molecule has 3 heterocycles. The van der Waals surface area contributed by atoms with Crippen molar-refractivity contribution in [1.29, 1.82) is 0 Å². The van der Waals surface area contributed by atoms with Gasteiger partial charge in [-0.05, 0) is 49.3 Å². The van der Waals surface area contributed by atoms with Crippen LogP contribution < -0.4 is 11.1 Å². The van der Waals surface area contributed by atoms with E-state index in [1.807, 2.05) is 6.07 Å². The number of rotatable bonds is 1. The van der Waals surface area contributed by atoms with Crippen molar-refractivity contribution in [2.24, 2.45) is 7.05 Å². The number of nitrogens with zero attached hydrogens (tertiary/aromatic N) is 1. The van der Waals surface area contributed by atoms with Gasteiger partial charge in [0, 0.05) is 19.1 Å². The number of piperidine rings is 1. The third-order valence-electron chi connectivity index (χ3n) is 4.76. The molecule has 1 aromatic heterocycles. The second-order valence-corrected chi connectivity index (χ2v) is 5.96. The zero-order valence-electron chi connectivity index (χ0n) is 11.5. The summed E-state index contributed by atoms with van der Waals surface area (Å²) in [6.45, 7) is 0. The second-order valence-electron chi connectivity index (χ2n) is 5.96. The van der Waals surface area contributed by atoms with E-state index in [1.54, 1.807) is 11.6 Å². The van der Waals surface area contributed by atoms with Gasteiger partial charge in [-0.15, -0.1) is 12.4 Å². The molecule has 2 unspecified atom stereocenters. The summed E-state index contributed by atoms with van der Waals surface area (Å²) in [6.07, 6.45) is 5.03. The van der Waals surface area contributed by atoms with E-state index in [4.69, 9.17) is 4.42 Å². The highest BCUT2D eigenvalue weighted by Gasteiger charge is 2.34. The van der Waals surface area contributed by atoms with Gasteiger partial charge in [0.15, 0.2) is 5.58 Å². The van der Waals surface area contributed by atoms with Crippen LogP contribution in [0.4, 0.5) is 0 Å². The average molecular weight is 295 g/mol. The lowest BCUT2D eigenvalue weighted by molar-refractivity contribution is 0.363. The van der Waals surface area contributed by atoms with Gasteiger partial charge in [0.05, 0.1) is 5.52 Å². The van der Waals surface area contributed by atoms with E-state index in [-0.39, 0.29) is 18.2 Å². The Hall–Kier alpha value is -1.26. The number of halogens is 1. The third kappa shape index (κ3) is 2.07. The van der Waals surface area contributed by atoms with E-state index in [1.165, 1.54) is 31.2 Å². The lowest BCUT2D eigenvalue weighted by atomic mass is 9.86. The van der Waals surface area contributed by atoms with E-state index in [9.17, 15) is 4.79 Å². The van der Waals surface area contributed by atoms with Crippen LogP contribution in [0.3, 0.4) is 0 Å². The Morgan fingerprint density at radius 2 is 1.95 bits per heavy atom. The molecule has 0 saturated carbocycles. The minimum Gasteiger partial charge on any atom is -0.408 e. The summed E-state index contributed by atoms with van der Waals surface area (Å²) in [4.78, 5) is 11.5. The van der Waals surface area contributed by atoms with Crippen LogP contribution in [0.1, 0.15) is 37.2 Å². The molecule has 0 radical (unpaired) electrons. The molecule has 2 atom stereocenters. The number of benzene rings is 1. The van der Waals surface area contributed by atoms with Gasteiger partial charge in [-0.25, -0.2) is 4.79 Å². The molecule has 2 aliphatic heterocycles. The van der Waals surface area contributed by atoms with Crippen LogP contribution in [-0.2, 0) is 7.05 Å². The highest BCUT2D eigenvalue weighted by atomic mass is 35.5. The van der Waals surface area contributed by atoms with E-state index in [0.29, 0.717) is 18.0 Å². The molecule has 2 aliphatic rings. The fraction of sp³-hybridized carbons (Fsp3) is 0.533. The van der Waals surface area contributed by atoms with Crippen LogP contribution in [0.25, 0.3) is 11.1 Å².